The van der Waals surface area contributed by atoms with Crippen molar-refractivity contribution in [2.45, 2.75) is 33.9 Å². The summed E-state index contributed by atoms with van der Waals surface area (Å²) in [6.45, 7) is 0. The third-order valence-corrected chi connectivity index (χ3v) is 8.98. The van der Waals surface area contributed by atoms with Gasteiger partial charge in [-0.15, -0.1) is 23.4 Å². The lowest BCUT2D eigenvalue weighted by Crippen LogP contribution is -2.31. The predicted molar refractivity (Wildman–Crippen MR) is 136 cm³/mol. The Kier molecular flexibility index (Phi) is 6.48. The van der Waals surface area contributed by atoms with Gasteiger partial charge in [-0.3, -0.25) is 20.2 Å². The molecule has 2 aliphatic rings. The molecule has 3 aromatic carbocycles. The van der Waals surface area contributed by atoms with Crippen LogP contribution in [0.1, 0.15) is 29.5 Å². The van der Waals surface area contributed by atoms with Crippen LogP contribution >= 0.6 is 23.4 Å². The highest BCUT2D eigenvalue weighted by Crippen LogP contribution is 2.60. The number of nitro groups is 2. The van der Waals surface area contributed by atoms with Crippen LogP contribution in [0.4, 0.5) is 21.5 Å². The van der Waals surface area contributed by atoms with E-state index in [2.05, 4.69) is 5.32 Å². The number of halogens is 2. The second kappa shape index (κ2) is 9.59. The van der Waals surface area contributed by atoms with Crippen molar-refractivity contribution in [2.75, 3.05) is 12.4 Å². The number of nitro benzene ring substituents is 2. The first-order valence-electron chi connectivity index (χ1n) is 11.2. The zero-order valence-corrected chi connectivity index (χ0v) is 20.5. The highest BCUT2D eigenvalue weighted by molar-refractivity contribution is 8.00. The van der Waals surface area contributed by atoms with Crippen LogP contribution in [0.2, 0.25) is 0 Å². The fraction of sp³-hybridized carbons (Fsp3) is 0.280. The summed E-state index contributed by atoms with van der Waals surface area (Å²) < 4.78 is 19.2. The third-order valence-electron chi connectivity index (χ3n) is 6.87. The molecule has 1 aliphatic heterocycles. The average molecular weight is 530 g/mol. The quantitative estimate of drug-likeness (QED) is 0.215. The molecule has 0 spiro atoms. The molecule has 36 heavy (non-hydrogen) atoms. The highest BCUT2D eigenvalue weighted by Gasteiger charge is 2.51. The summed E-state index contributed by atoms with van der Waals surface area (Å²) in [4.78, 5) is 22.8. The van der Waals surface area contributed by atoms with Gasteiger partial charge < -0.3 is 10.1 Å². The molecule has 0 saturated heterocycles. The number of hydrogen-bond acceptors (Lipinski definition) is 7. The van der Waals surface area contributed by atoms with Gasteiger partial charge in [-0.2, -0.15) is 0 Å². The van der Waals surface area contributed by atoms with E-state index in [-0.39, 0.29) is 40.3 Å². The molecule has 11 heteroatoms. The summed E-state index contributed by atoms with van der Waals surface area (Å²) in [5, 5.41) is 26.0. The molecule has 0 amide bonds. The van der Waals surface area contributed by atoms with Gasteiger partial charge in [0.25, 0.3) is 11.4 Å². The minimum Gasteiger partial charge on any atom is -0.494 e. The van der Waals surface area contributed by atoms with Gasteiger partial charge in [0.2, 0.25) is 0 Å². The van der Waals surface area contributed by atoms with Crippen LogP contribution in [0.3, 0.4) is 0 Å². The maximum Gasteiger partial charge on any atom is 0.282 e. The van der Waals surface area contributed by atoms with Crippen LogP contribution in [-0.4, -0.2) is 27.6 Å². The van der Waals surface area contributed by atoms with Crippen LogP contribution in [0.15, 0.2) is 65.6 Å². The molecule has 0 radical (unpaired) electrons. The first-order chi connectivity index (χ1) is 17.3. The number of methoxy groups -OCH3 is 1. The van der Waals surface area contributed by atoms with Crippen molar-refractivity contribution < 1.29 is 19.0 Å². The van der Waals surface area contributed by atoms with Gasteiger partial charge in [0, 0.05) is 23.3 Å². The lowest BCUT2D eigenvalue weighted by Gasteiger charge is -2.38. The zero-order valence-electron chi connectivity index (χ0n) is 19.0. The standard InChI is InChI=1S/C25H21ClFN3O5S/c1-35-19-11-15(29(31)32)10-16-22-17(24(28-25(16)19)13-6-8-14(27)9-7-13)12-21(23(22)26)36-20-5-3-2-4-18(20)30(33)34/h2-11,17,21-24,28H,12H2,1H3/t17-,21+,22+,23+,24+/m0/s1. The van der Waals surface area contributed by atoms with Crippen LogP contribution in [-0.2, 0) is 0 Å². The van der Waals surface area contributed by atoms with Gasteiger partial charge in [0.15, 0.2) is 0 Å². The third kappa shape index (κ3) is 4.24. The summed E-state index contributed by atoms with van der Waals surface area (Å²) >= 11 is 8.43. The average Bonchev–Trinajstić information content (AvgIpc) is 3.19. The van der Waals surface area contributed by atoms with Gasteiger partial charge >= 0.3 is 0 Å². The van der Waals surface area contributed by atoms with Gasteiger partial charge in [0.1, 0.15) is 11.6 Å². The van der Waals surface area contributed by atoms with Crippen molar-refractivity contribution in [1.82, 2.24) is 0 Å². The molecule has 0 aromatic heterocycles. The molecule has 0 bridgehead atoms. The molecule has 1 N–H and O–H groups in total. The van der Waals surface area contributed by atoms with Gasteiger partial charge in [-0.25, -0.2) is 4.39 Å². The molecule has 5 atom stereocenters. The molecule has 1 fully saturated rings. The smallest absolute Gasteiger partial charge is 0.282 e. The fourth-order valence-electron chi connectivity index (χ4n) is 5.31. The van der Waals surface area contributed by atoms with E-state index >= 15 is 0 Å². The SMILES string of the molecule is COc1cc([N+](=O)[O-])cc2c1N[C@H](c1ccc(F)cc1)[C@H]1C[C@@H](Sc3ccccc3[N+](=O)[O-])[C@@H](Cl)[C@H]21. The summed E-state index contributed by atoms with van der Waals surface area (Å²) in [7, 11) is 1.44. The number of non-ortho nitro benzene ring substituents is 1. The maximum atomic E-state index is 13.7. The van der Waals surface area contributed by atoms with E-state index in [9.17, 15) is 24.6 Å². The minimum absolute atomic E-state index is 0.00663. The summed E-state index contributed by atoms with van der Waals surface area (Å²) in [5.41, 5.74) is 2.03. The first kappa shape index (κ1) is 24.3. The summed E-state index contributed by atoms with van der Waals surface area (Å²) in [5.74, 6) is -0.431. The Morgan fingerprint density at radius 3 is 2.47 bits per heavy atom. The molecular formula is C25H21ClFN3O5S. The van der Waals surface area contributed by atoms with E-state index in [4.69, 9.17) is 16.3 Å². The number of benzene rings is 3. The van der Waals surface area contributed by atoms with Gasteiger partial charge in [0.05, 0.1) is 45.0 Å². The maximum absolute atomic E-state index is 13.7. The second-order valence-electron chi connectivity index (χ2n) is 8.79. The number of hydrogen-bond donors (Lipinski definition) is 1. The number of nitrogens with one attached hydrogen (secondary N) is 1. The molecular weight excluding hydrogens is 509 g/mol. The Bertz CT molecular complexity index is 1340. The van der Waals surface area contributed by atoms with Crippen LogP contribution in [0.25, 0.3) is 0 Å². The Morgan fingerprint density at radius 1 is 1.08 bits per heavy atom. The Hall–Kier alpha value is -3.37. The monoisotopic (exact) mass is 529 g/mol. The number of thioether (sulfide) groups is 1. The van der Waals surface area contributed by atoms with Gasteiger partial charge in [-0.1, -0.05) is 24.3 Å². The Morgan fingerprint density at radius 2 is 1.81 bits per heavy atom. The molecule has 0 unspecified atom stereocenters. The topological polar surface area (TPSA) is 108 Å². The van der Waals surface area contributed by atoms with Crippen LogP contribution in [0, 0.1) is 32.0 Å². The van der Waals surface area contributed by atoms with E-state index in [0.717, 1.165) is 5.56 Å². The van der Waals surface area contributed by atoms with Crippen molar-refractivity contribution in [1.29, 1.82) is 0 Å². The lowest BCUT2D eigenvalue weighted by atomic mass is 9.77. The first-order valence-corrected chi connectivity index (χ1v) is 12.5. The van der Waals surface area contributed by atoms with E-state index in [1.165, 1.54) is 49.2 Å². The van der Waals surface area contributed by atoms with E-state index in [1.807, 2.05) is 0 Å². The zero-order chi connectivity index (χ0) is 25.6. The van der Waals surface area contributed by atoms with Crippen molar-refractivity contribution in [3.63, 3.8) is 0 Å². The molecule has 8 nitrogen and oxygen atoms in total. The van der Waals surface area contributed by atoms with E-state index < -0.39 is 15.2 Å². The van der Waals surface area contributed by atoms with Crippen molar-refractivity contribution in [3.8, 4) is 5.75 Å². The van der Waals surface area contributed by atoms with Crippen LogP contribution in [0.5, 0.6) is 5.75 Å². The second-order valence-corrected chi connectivity index (χ2v) is 10.6. The van der Waals surface area contributed by atoms with E-state index in [1.54, 1.807) is 30.3 Å². The lowest BCUT2D eigenvalue weighted by molar-refractivity contribution is -0.387. The number of anilines is 1. The fourth-order valence-corrected chi connectivity index (χ4v) is 7.25. The minimum atomic E-state index is -0.477. The predicted octanol–water partition coefficient (Wildman–Crippen LogP) is 6.69. The number of fused-ring (bicyclic) bond motifs is 3. The molecule has 3 aromatic rings. The number of ether oxygens (including phenoxy) is 1. The molecule has 1 heterocycles. The van der Waals surface area contributed by atoms with Crippen LogP contribution < -0.4 is 10.1 Å². The number of alkyl halides is 1. The molecule has 186 valence electrons. The number of para-hydroxylation sites is 1. The van der Waals surface area contributed by atoms with Crippen molar-refractivity contribution >= 4 is 40.4 Å². The van der Waals surface area contributed by atoms with Crippen molar-refractivity contribution in [2.24, 2.45) is 5.92 Å². The normalized spacial score (nSPS) is 24.4. The Labute approximate surface area is 215 Å². The van der Waals surface area contributed by atoms with E-state index in [0.29, 0.717) is 28.3 Å². The summed E-state index contributed by atoms with van der Waals surface area (Å²) in [6.07, 6.45) is 0.592. The molecule has 1 aliphatic carbocycles. The van der Waals surface area contributed by atoms with Crippen molar-refractivity contribution in [3.05, 3.63) is 97.8 Å². The summed E-state index contributed by atoms with van der Waals surface area (Å²) in [6, 6.07) is 15.3. The number of rotatable bonds is 6. The molecule has 1 saturated carbocycles. The van der Waals surface area contributed by atoms with Gasteiger partial charge in [-0.05, 0) is 41.7 Å². The Balaban J connectivity index is 1.60. The largest absolute Gasteiger partial charge is 0.494 e. The number of nitrogens with zero attached hydrogens (tertiary/aromatic N) is 2. The highest BCUT2D eigenvalue weighted by atomic mass is 35.5. The molecule has 5 rings (SSSR count).